The molecule has 2 aliphatic rings. The third-order valence-electron chi connectivity index (χ3n) is 6.22. The van der Waals surface area contributed by atoms with Crippen LogP contribution in [0.1, 0.15) is 34.1 Å². The number of phenolic OH excluding ortho intramolecular Hbond substituents is 1. The number of aromatic hydroxyl groups is 1. The minimum absolute atomic E-state index is 0.0477. The second kappa shape index (κ2) is 7.82. The van der Waals surface area contributed by atoms with Crippen molar-refractivity contribution in [3.63, 3.8) is 0 Å². The summed E-state index contributed by atoms with van der Waals surface area (Å²) in [5.41, 5.74) is 7.80. The number of rotatable bonds is 4. The quantitative estimate of drug-likeness (QED) is 0.339. The largest absolute Gasteiger partial charge is 0.545 e. The number of carbonyl (C=O) groups is 2. The van der Waals surface area contributed by atoms with Crippen LogP contribution in [0.2, 0.25) is 39.3 Å². The van der Waals surface area contributed by atoms with Gasteiger partial charge in [0.1, 0.15) is 17.6 Å². The Morgan fingerprint density at radius 2 is 1.55 bits per heavy atom. The molecule has 0 fully saturated rings. The summed E-state index contributed by atoms with van der Waals surface area (Å²) in [4.78, 5) is 27.8. The molecule has 4 rings (SSSR count). The third-order valence-corrected chi connectivity index (χ3v) is 8.02. The van der Waals surface area contributed by atoms with E-state index in [4.69, 9.17) is 14.6 Å². The second-order valence-corrected chi connectivity index (χ2v) is 20.0. The van der Waals surface area contributed by atoms with Gasteiger partial charge in [0.05, 0.1) is 22.7 Å². The Labute approximate surface area is 197 Å². The zero-order valence-electron chi connectivity index (χ0n) is 20.4. The Hall–Kier alpha value is -2.43. The van der Waals surface area contributed by atoms with E-state index >= 15 is 0 Å². The van der Waals surface area contributed by atoms with Gasteiger partial charge in [-0.2, -0.15) is 0 Å². The number of Topliss-reactive ketones (excluding diaryl/α,β-unsaturated/α-hetero) is 2. The lowest BCUT2D eigenvalue weighted by atomic mass is 9.65. The Balaban J connectivity index is 1.95. The molecule has 0 aliphatic heterocycles. The van der Waals surface area contributed by atoms with Gasteiger partial charge in [0.15, 0.2) is 19.9 Å². The summed E-state index contributed by atoms with van der Waals surface area (Å²) in [6.07, 6.45) is -0.244. The van der Waals surface area contributed by atoms with Gasteiger partial charge in [-0.05, 0) is 58.2 Å². The number of nitrogen functional groups attached to an aromatic ring is 1. The monoisotopic (exact) mass is 483 g/mol. The zero-order chi connectivity index (χ0) is 24.5. The number of fused-ring (bicyclic) bond motifs is 3. The molecule has 0 bridgehead atoms. The van der Waals surface area contributed by atoms with Crippen LogP contribution in [0.4, 0.5) is 5.69 Å². The van der Waals surface area contributed by atoms with Gasteiger partial charge in [-0.3, -0.25) is 9.59 Å². The van der Waals surface area contributed by atoms with E-state index in [1.54, 1.807) is 24.3 Å². The number of benzene rings is 2. The number of ketones is 2. The molecule has 176 valence electrons. The maximum absolute atomic E-state index is 14.1. The maximum atomic E-state index is 14.1. The molecule has 0 unspecified atom stereocenters. The number of phenols is 1. The Bertz CT molecular complexity index is 1210. The van der Waals surface area contributed by atoms with Crippen molar-refractivity contribution in [1.82, 2.24) is 0 Å². The Kier molecular flexibility index (Phi) is 5.62. The van der Waals surface area contributed by atoms with E-state index in [-0.39, 0.29) is 34.1 Å². The van der Waals surface area contributed by atoms with Crippen LogP contribution in [-0.4, -0.2) is 39.4 Å². The first kappa shape index (κ1) is 23.7. The van der Waals surface area contributed by atoms with Crippen LogP contribution in [0.25, 0.3) is 10.8 Å². The van der Waals surface area contributed by atoms with E-state index in [1.807, 2.05) is 6.92 Å². The van der Waals surface area contributed by atoms with Gasteiger partial charge in [0.25, 0.3) is 0 Å². The Morgan fingerprint density at radius 1 is 0.939 bits per heavy atom. The average molecular weight is 484 g/mol. The second-order valence-electron chi connectivity index (χ2n) is 11.1. The molecular formula is C25H33NO5Si2. The number of anilines is 1. The minimum atomic E-state index is -2.12. The smallest absolute Gasteiger partial charge is 0.241 e. The van der Waals surface area contributed by atoms with Crippen molar-refractivity contribution in [2.45, 2.75) is 58.7 Å². The van der Waals surface area contributed by atoms with Crippen LogP contribution in [-0.2, 0) is 8.85 Å². The summed E-state index contributed by atoms with van der Waals surface area (Å²) in [6.45, 7) is 14.4. The van der Waals surface area contributed by atoms with Crippen LogP contribution in [0, 0.1) is 11.8 Å². The van der Waals surface area contributed by atoms with Gasteiger partial charge < -0.3 is 19.7 Å². The molecule has 0 saturated heterocycles. The Morgan fingerprint density at radius 3 is 2.12 bits per heavy atom. The molecule has 0 amide bonds. The predicted molar refractivity (Wildman–Crippen MR) is 136 cm³/mol. The molecular weight excluding hydrogens is 450 g/mol. The van der Waals surface area contributed by atoms with E-state index in [0.717, 1.165) is 5.57 Å². The number of carbonyl (C=O) groups excluding carboxylic acids is 2. The van der Waals surface area contributed by atoms with Gasteiger partial charge in [-0.1, -0.05) is 24.3 Å². The zero-order valence-corrected chi connectivity index (χ0v) is 22.4. The summed E-state index contributed by atoms with van der Waals surface area (Å²) < 4.78 is 13.0. The molecule has 2 aromatic rings. The molecule has 8 heteroatoms. The van der Waals surface area contributed by atoms with Gasteiger partial charge in [0.2, 0.25) is 8.32 Å². The van der Waals surface area contributed by atoms with Crippen molar-refractivity contribution in [2.75, 3.05) is 5.73 Å². The lowest BCUT2D eigenvalue weighted by molar-refractivity contribution is 0.0421. The van der Waals surface area contributed by atoms with E-state index < -0.39 is 34.6 Å². The van der Waals surface area contributed by atoms with Crippen molar-refractivity contribution in [1.29, 1.82) is 0 Å². The van der Waals surface area contributed by atoms with Crippen molar-refractivity contribution in [3.8, 4) is 5.75 Å². The fourth-order valence-electron chi connectivity index (χ4n) is 5.03. The molecule has 6 nitrogen and oxygen atoms in total. The first-order chi connectivity index (χ1) is 15.2. The van der Waals surface area contributed by atoms with Crippen LogP contribution < -0.4 is 5.73 Å². The highest BCUT2D eigenvalue weighted by atomic mass is 28.4. The van der Waals surface area contributed by atoms with Crippen LogP contribution >= 0.6 is 0 Å². The fraction of sp³-hybridized carbons (Fsp3) is 0.440. The average Bonchev–Trinajstić information content (AvgIpc) is 2.69. The summed E-state index contributed by atoms with van der Waals surface area (Å²) in [6, 6.07) is 7.05. The summed E-state index contributed by atoms with van der Waals surface area (Å²) >= 11 is 0. The molecule has 0 heterocycles. The van der Waals surface area contributed by atoms with Gasteiger partial charge >= 0.3 is 0 Å². The number of hydrogen-bond acceptors (Lipinski definition) is 6. The summed E-state index contributed by atoms with van der Waals surface area (Å²) in [7, 11) is -4.13. The van der Waals surface area contributed by atoms with Crippen LogP contribution in [0.5, 0.6) is 5.75 Å². The molecule has 33 heavy (non-hydrogen) atoms. The van der Waals surface area contributed by atoms with Crippen molar-refractivity contribution >= 4 is 44.7 Å². The maximum Gasteiger partial charge on any atom is 0.241 e. The standard InChI is InChI=1S/C25H33NO5Si2/c1-13-12-16-17(25(31-33(5,6)7)24(13)30-32(2,3)4)23(29)18-19(22(16)28)21(27)15-11-9-8-10-14(15)20(18)26/h8-11,16-17,25,27H,12,26H2,1-7H3/t16-,17+,25-/m1/s1. The van der Waals surface area contributed by atoms with E-state index in [9.17, 15) is 14.7 Å². The highest BCUT2D eigenvalue weighted by Crippen LogP contribution is 2.50. The highest BCUT2D eigenvalue weighted by Gasteiger charge is 2.53. The van der Waals surface area contributed by atoms with Crippen molar-refractivity contribution in [2.24, 2.45) is 11.8 Å². The summed E-state index contributed by atoms with van der Waals surface area (Å²) in [5.74, 6) is -1.31. The van der Waals surface area contributed by atoms with Gasteiger partial charge in [-0.25, -0.2) is 0 Å². The molecule has 2 aliphatic carbocycles. The minimum Gasteiger partial charge on any atom is -0.545 e. The SMILES string of the molecule is CC1=C(O[Si](C)(C)C)[C@H](O[Si](C)(C)C)[C@@H]2C(=O)c3c(c(O)c4ccccc4c3N)C(=O)[C@@H]2C1. The van der Waals surface area contributed by atoms with Crippen LogP contribution in [0.3, 0.4) is 0 Å². The topological polar surface area (TPSA) is 98.8 Å². The lowest BCUT2D eigenvalue weighted by Gasteiger charge is -2.44. The van der Waals surface area contributed by atoms with Crippen molar-refractivity contribution < 1.29 is 23.5 Å². The normalized spacial score (nSPS) is 23.5. The molecule has 3 N–H and O–H groups in total. The third kappa shape index (κ3) is 4.04. The summed E-state index contributed by atoms with van der Waals surface area (Å²) in [5, 5.41) is 12.1. The molecule has 0 spiro atoms. The molecule has 0 aromatic heterocycles. The lowest BCUT2D eigenvalue weighted by Crippen LogP contribution is -2.52. The first-order valence-corrected chi connectivity index (χ1v) is 18.2. The van der Waals surface area contributed by atoms with Gasteiger partial charge in [0, 0.05) is 16.7 Å². The number of hydrogen-bond donors (Lipinski definition) is 2. The van der Waals surface area contributed by atoms with Gasteiger partial charge in [-0.15, -0.1) is 0 Å². The molecule has 0 saturated carbocycles. The molecule has 3 atom stereocenters. The predicted octanol–water partition coefficient (Wildman–Crippen LogP) is 5.49. The van der Waals surface area contributed by atoms with Crippen molar-refractivity contribution in [3.05, 3.63) is 46.7 Å². The highest BCUT2D eigenvalue weighted by molar-refractivity contribution is 6.70. The number of allylic oxidation sites excluding steroid dienone is 1. The fourth-order valence-corrected chi connectivity index (χ4v) is 6.99. The number of nitrogens with two attached hydrogens (primary N) is 1. The van der Waals surface area contributed by atoms with E-state index in [1.165, 1.54) is 0 Å². The molecule has 2 aromatic carbocycles. The van der Waals surface area contributed by atoms with E-state index in [0.29, 0.717) is 23.0 Å². The van der Waals surface area contributed by atoms with Crippen LogP contribution in [0.15, 0.2) is 35.6 Å². The van der Waals surface area contributed by atoms with E-state index in [2.05, 4.69) is 39.3 Å². The first-order valence-electron chi connectivity index (χ1n) is 11.4. The molecule has 0 radical (unpaired) electrons.